The van der Waals surface area contributed by atoms with Crippen LogP contribution in [-0.4, -0.2) is 32.0 Å². The number of anilines is 1. The summed E-state index contributed by atoms with van der Waals surface area (Å²) in [5, 5.41) is 7.06. The predicted octanol–water partition coefficient (Wildman–Crippen LogP) is 2.05. The van der Waals surface area contributed by atoms with Crippen LogP contribution in [0.3, 0.4) is 0 Å². The maximum atomic E-state index is 12.2. The van der Waals surface area contributed by atoms with Crippen molar-refractivity contribution in [2.75, 3.05) is 12.3 Å². The van der Waals surface area contributed by atoms with Crippen LogP contribution in [0.4, 0.5) is 5.95 Å². The number of aromatic nitrogens is 4. The molecule has 9 heteroatoms. The van der Waals surface area contributed by atoms with Crippen LogP contribution < -0.4 is 11.1 Å². The predicted molar refractivity (Wildman–Crippen MR) is 97.1 cm³/mol. The molecule has 126 valence electrons. The number of aryl methyl sites for hydroxylation is 2. The van der Waals surface area contributed by atoms with Gasteiger partial charge in [0.15, 0.2) is 0 Å². The summed E-state index contributed by atoms with van der Waals surface area (Å²) in [4.78, 5) is 21.9. The minimum absolute atomic E-state index is 0.0361. The van der Waals surface area contributed by atoms with E-state index < -0.39 is 0 Å². The highest BCUT2D eigenvalue weighted by molar-refractivity contribution is 9.11. The summed E-state index contributed by atoms with van der Waals surface area (Å²) in [6.45, 7) is 4.36. The monoisotopic (exact) mass is 408 g/mol. The zero-order chi connectivity index (χ0) is 17.3. The molecule has 3 aromatic rings. The molecule has 3 aromatic heterocycles. The van der Waals surface area contributed by atoms with Gasteiger partial charge in [-0.2, -0.15) is 9.50 Å². The Kier molecular flexibility index (Phi) is 4.81. The van der Waals surface area contributed by atoms with Crippen LogP contribution in [0.25, 0.3) is 5.78 Å². The van der Waals surface area contributed by atoms with E-state index in [4.69, 9.17) is 5.73 Å². The molecule has 0 bridgehead atoms. The van der Waals surface area contributed by atoms with E-state index in [1.807, 2.05) is 19.9 Å². The van der Waals surface area contributed by atoms with Crippen molar-refractivity contribution >= 4 is 44.9 Å². The van der Waals surface area contributed by atoms with Gasteiger partial charge < -0.3 is 11.1 Å². The Bertz CT molecular complexity index is 903. The second-order valence-corrected chi connectivity index (χ2v) is 7.97. The molecule has 0 fully saturated rings. The van der Waals surface area contributed by atoms with Gasteiger partial charge in [-0.1, -0.05) is 0 Å². The van der Waals surface area contributed by atoms with Crippen LogP contribution >= 0.6 is 27.3 Å². The molecule has 0 aliphatic rings. The van der Waals surface area contributed by atoms with Gasteiger partial charge in [-0.25, -0.2) is 4.98 Å². The van der Waals surface area contributed by atoms with E-state index >= 15 is 0 Å². The van der Waals surface area contributed by atoms with Crippen molar-refractivity contribution in [3.05, 3.63) is 37.7 Å². The molecule has 0 aliphatic carbocycles. The SMILES string of the molecule is Cc1nc2nc(N)nn2c(C)c1CC(=O)NCCc1ccc(Br)s1. The maximum absolute atomic E-state index is 12.2. The highest BCUT2D eigenvalue weighted by Crippen LogP contribution is 2.22. The number of carbonyl (C=O) groups excluding carboxylic acids is 1. The number of amides is 1. The van der Waals surface area contributed by atoms with Gasteiger partial charge in [0.1, 0.15) is 0 Å². The lowest BCUT2D eigenvalue weighted by Crippen LogP contribution is -2.28. The Labute approximate surface area is 151 Å². The summed E-state index contributed by atoms with van der Waals surface area (Å²) in [6, 6.07) is 4.07. The molecule has 3 rings (SSSR count). The number of halogens is 1. The first-order valence-corrected chi connectivity index (χ1v) is 9.04. The van der Waals surface area contributed by atoms with Crippen molar-refractivity contribution < 1.29 is 4.79 Å². The summed E-state index contributed by atoms with van der Waals surface area (Å²) in [5.41, 5.74) is 8.07. The molecule has 0 saturated carbocycles. The molecule has 3 N–H and O–H groups in total. The van der Waals surface area contributed by atoms with Crippen LogP contribution in [0, 0.1) is 13.8 Å². The Morgan fingerprint density at radius 2 is 2.17 bits per heavy atom. The number of carbonyl (C=O) groups is 1. The van der Waals surface area contributed by atoms with Crippen molar-refractivity contribution in [1.29, 1.82) is 0 Å². The van der Waals surface area contributed by atoms with Crippen molar-refractivity contribution in [2.45, 2.75) is 26.7 Å². The Hall–Kier alpha value is -2.00. The lowest BCUT2D eigenvalue weighted by Gasteiger charge is -2.10. The molecule has 0 spiro atoms. The minimum atomic E-state index is -0.0361. The number of nitrogens with zero attached hydrogens (tertiary/aromatic N) is 4. The molecule has 3 heterocycles. The number of fused-ring (bicyclic) bond motifs is 1. The molecule has 0 unspecified atom stereocenters. The quantitative estimate of drug-likeness (QED) is 0.672. The fourth-order valence-electron chi connectivity index (χ4n) is 2.51. The highest BCUT2D eigenvalue weighted by atomic mass is 79.9. The average Bonchev–Trinajstić information content (AvgIpc) is 3.09. The van der Waals surface area contributed by atoms with E-state index in [-0.39, 0.29) is 18.3 Å². The van der Waals surface area contributed by atoms with Gasteiger partial charge in [-0.15, -0.1) is 16.4 Å². The molecule has 24 heavy (non-hydrogen) atoms. The van der Waals surface area contributed by atoms with Gasteiger partial charge in [0.2, 0.25) is 11.9 Å². The molecule has 7 nitrogen and oxygen atoms in total. The largest absolute Gasteiger partial charge is 0.366 e. The van der Waals surface area contributed by atoms with Crippen molar-refractivity contribution in [2.24, 2.45) is 0 Å². The van der Waals surface area contributed by atoms with Crippen LogP contribution in [-0.2, 0) is 17.6 Å². The van der Waals surface area contributed by atoms with Gasteiger partial charge in [-0.05, 0) is 48.3 Å². The van der Waals surface area contributed by atoms with Gasteiger partial charge in [0.25, 0.3) is 5.78 Å². The second-order valence-electron chi connectivity index (χ2n) is 5.43. The van der Waals surface area contributed by atoms with E-state index in [0.29, 0.717) is 12.3 Å². The molecule has 0 aliphatic heterocycles. The van der Waals surface area contributed by atoms with Gasteiger partial charge >= 0.3 is 0 Å². The first-order chi connectivity index (χ1) is 11.4. The van der Waals surface area contributed by atoms with Crippen LogP contribution in [0.15, 0.2) is 15.9 Å². The average molecular weight is 409 g/mol. The van der Waals surface area contributed by atoms with Crippen molar-refractivity contribution in [3.63, 3.8) is 0 Å². The number of nitrogens with two attached hydrogens (primary N) is 1. The number of rotatable bonds is 5. The van der Waals surface area contributed by atoms with E-state index in [9.17, 15) is 4.79 Å². The fraction of sp³-hybridized carbons (Fsp3) is 0.333. The van der Waals surface area contributed by atoms with E-state index in [2.05, 4.69) is 42.4 Å². The van der Waals surface area contributed by atoms with E-state index in [1.165, 1.54) is 4.88 Å². The first-order valence-electron chi connectivity index (χ1n) is 7.43. The van der Waals surface area contributed by atoms with Crippen LogP contribution in [0.2, 0.25) is 0 Å². The molecule has 0 aromatic carbocycles. The maximum Gasteiger partial charge on any atom is 0.254 e. The van der Waals surface area contributed by atoms with Gasteiger partial charge in [0, 0.05) is 28.4 Å². The number of hydrogen-bond acceptors (Lipinski definition) is 6. The van der Waals surface area contributed by atoms with Crippen LogP contribution in [0.5, 0.6) is 0 Å². The summed E-state index contributed by atoms with van der Waals surface area (Å²) in [5.74, 6) is 0.592. The molecule has 1 amide bonds. The lowest BCUT2D eigenvalue weighted by molar-refractivity contribution is -0.120. The number of nitrogen functional groups attached to an aromatic ring is 1. The zero-order valence-corrected chi connectivity index (χ0v) is 15.7. The summed E-state index contributed by atoms with van der Waals surface area (Å²) < 4.78 is 2.68. The summed E-state index contributed by atoms with van der Waals surface area (Å²) in [6.07, 6.45) is 1.07. The molecular weight excluding hydrogens is 392 g/mol. The molecule has 0 saturated heterocycles. The van der Waals surface area contributed by atoms with E-state index in [0.717, 1.165) is 27.2 Å². The number of thiophene rings is 1. The third kappa shape index (κ3) is 3.57. The highest BCUT2D eigenvalue weighted by Gasteiger charge is 2.15. The van der Waals surface area contributed by atoms with Crippen LogP contribution in [0.1, 0.15) is 21.8 Å². The standard InChI is InChI=1S/C15H17BrN6OS/c1-8-11(9(2)22-15(19-8)20-14(17)21-22)7-13(23)18-6-5-10-3-4-12(16)24-10/h3-4H,5-7H2,1-2H3,(H2,17,21)(H,18,23). The minimum Gasteiger partial charge on any atom is -0.366 e. The smallest absolute Gasteiger partial charge is 0.254 e. The van der Waals surface area contributed by atoms with Crippen molar-refractivity contribution in [1.82, 2.24) is 24.9 Å². The summed E-state index contributed by atoms with van der Waals surface area (Å²) >= 11 is 5.11. The lowest BCUT2D eigenvalue weighted by atomic mass is 10.1. The third-order valence-corrected chi connectivity index (χ3v) is 5.41. The third-order valence-electron chi connectivity index (χ3n) is 3.73. The number of hydrogen-bond donors (Lipinski definition) is 2. The molecule has 0 atom stereocenters. The normalized spacial score (nSPS) is 11.1. The zero-order valence-electron chi connectivity index (χ0n) is 13.3. The van der Waals surface area contributed by atoms with Crippen molar-refractivity contribution in [3.8, 4) is 0 Å². The first kappa shape index (κ1) is 16.8. The fourth-order valence-corrected chi connectivity index (χ4v) is 4.00. The van der Waals surface area contributed by atoms with E-state index in [1.54, 1.807) is 15.9 Å². The Balaban J connectivity index is 1.66. The Morgan fingerprint density at radius 3 is 2.88 bits per heavy atom. The number of nitrogens with one attached hydrogen (secondary N) is 1. The topological polar surface area (TPSA) is 98.2 Å². The van der Waals surface area contributed by atoms with Gasteiger partial charge in [0.05, 0.1) is 10.2 Å². The Morgan fingerprint density at radius 1 is 1.38 bits per heavy atom. The second kappa shape index (κ2) is 6.86. The molecular formula is C15H17BrN6OS. The summed E-state index contributed by atoms with van der Waals surface area (Å²) in [7, 11) is 0. The van der Waals surface area contributed by atoms with Gasteiger partial charge in [-0.3, -0.25) is 4.79 Å². The molecule has 0 radical (unpaired) electrons.